The third-order valence-electron chi connectivity index (χ3n) is 1.99. The minimum atomic E-state index is -0.191. The molecule has 0 saturated heterocycles. The molecule has 1 aromatic rings. The van der Waals surface area contributed by atoms with Crippen LogP contribution in [0.15, 0.2) is 6.20 Å². The normalized spacial score (nSPS) is 10.3. The average molecular weight is 210 g/mol. The molecule has 0 fully saturated rings. The smallest absolute Gasteiger partial charge is 0.273 e. The molecule has 1 rings (SSSR count). The number of aryl methyl sites for hydroxylation is 1. The van der Waals surface area contributed by atoms with Crippen molar-refractivity contribution in [3.63, 3.8) is 0 Å². The van der Waals surface area contributed by atoms with E-state index in [0.29, 0.717) is 17.9 Å². The van der Waals surface area contributed by atoms with Crippen LogP contribution in [0.25, 0.3) is 0 Å². The molecule has 0 unspecified atom stereocenters. The Morgan fingerprint density at radius 1 is 1.53 bits per heavy atom. The first-order valence-corrected chi connectivity index (χ1v) is 5.30. The van der Waals surface area contributed by atoms with Gasteiger partial charge < -0.3 is 11.1 Å². The van der Waals surface area contributed by atoms with Crippen LogP contribution in [0.5, 0.6) is 0 Å². The summed E-state index contributed by atoms with van der Waals surface area (Å²) in [4.78, 5) is 11.6. The molecule has 1 aromatic heterocycles. The number of nitrogens with one attached hydrogen (secondary N) is 1. The molecule has 84 valence electrons. The van der Waals surface area contributed by atoms with E-state index < -0.39 is 0 Å². The van der Waals surface area contributed by atoms with Crippen LogP contribution in [0, 0.1) is 0 Å². The van der Waals surface area contributed by atoms with Crippen molar-refractivity contribution in [1.29, 1.82) is 0 Å². The van der Waals surface area contributed by atoms with Gasteiger partial charge >= 0.3 is 0 Å². The van der Waals surface area contributed by atoms with E-state index in [-0.39, 0.29) is 5.91 Å². The molecule has 5 nitrogen and oxygen atoms in total. The maximum atomic E-state index is 11.6. The molecule has 0 atom stereocenters. The van der Waals surface area contributed by atoms with E-state index in [1.54, 1.807) is 10.9 Å². The van der Waals surface area contributed by atoms with Gasteiger partial charge in [-0.2, -0.15) is 5.10 Å². The molecule has 0 saturated carbocycles. The van der Waals surface area contributed by atoms with Crippen LogP contribution in [-0.2, 0) is 6.54 Å². The van der Waals surface area contributed by atoms with Gasteiger partial charge in [0.15, 0.2) is 5.69 Å². The lowest BCUT2D eigenvalue weighted by atomic mass is 10.3. The lowest BCUT2D eigenvalue weighted by molar-refractivity contribution is 0.0948. The highest BCUT2D eigenvalue weighted by molar-refractivity contribution is 5.96. The molecule has 0 spiro atoms. The lowest BCUT2D eigenvalue weighted by Crippen LogP contribution is -2.25. The maximum absolute atomic E-state index is 11.6. The molecular weight excluding hydrogens is 192 g/mol. The second-order valence-electron chi connectivity index (χ2n) is 3.45. The molecule has 5 heteroatoms. The SMILES string of the molecule is CCCNC(=O)c1nn(CCC)cc1N. The van der Waals surface area contributed by atoms with Crippen molar-refractivity contribution in [3.8, 4) is 0 Å². The molecule has 0 radical (unpaired) electrons. The Bertz CT molecular complexity index is 332. The molecule has 0 aliphatic heterocycles. The van der Waals surface area contributed by atoms with Crippen LogP contribution in [0.2, 0.25) is 0 Å². The lowest BCUT2D eigenvalue weighted by Gasteiger charge is -2.00. The third-order valence-corrected chi connectivity index (χ3v) is 1.99. The van der Waals surface area contributed by atoms with Crippen LogP contribution in [0.4, 0.5) is 5.69 Å². The Morgan fingerprint density at radius 3 is 2.87 bits per heavy atom. The third kappa shape index (κ3) is 2.97. The maximum Gasteiger partial charge on any atom is 0.273 e. The van der Waals surface area contributed by atoms with Crippen molar-refractivity contribution in [1.82, 2.24) is 15.1 Å². The largest absolute Gasteiger partial charge is 0.396 e. The van der Waals surface area contributed by atoms with Crippen LogP contribution in [0.1, 0.15) is 37.2 Å². The van der Waals surface area contributed by atoms with E-state index in [2.05, 4.69) is 17.3 Å². The van der Waals surface area contributed by atoms with Crippen molar-refractivity contribution in [2.45, 2.75) is 33.2 Å². The molecule has 1 amide bonds. The first-order chi connectivity index (χ1) is 7.19. The minimum absolute atomic E-state index is 0.191. The van der Waals surface area contributed by atoms with E-state index in [4.69, 9.17) is 5.73 Å². The van der Waals surface area contributed by atoms with Gasteiger partial charge in [-0.05, 0) is 12.8 Å². The van der Waals surface area contributed by atoms with Gasteiger partial charge in [-0.3, -0.25) is 9.48 Å². The number of nitrogens with zero attached hydrogens (tertiary/aromatic N) is 2. The summed E-state index contributed by atoms with van der Waals surface area (Å²) in [5.41, 5.74) is 6.47. The minimum Gasteiger partial charge on any atom is -0.396 e. The molecule has 0 aliphatic rings. The molecule has 1 heterocycles. The Morgan fingerprint density at radius 2 is 2.27 bits per heavy atom. The van der Waals surface area contributed by atoms with Crippen molar-refractivity contribution in [2.75, 3.05) is 12.3 Å². The first-order valence-electron chi connectivity index (χ1n) is 5.30. The topological polar surface area (TPSA) is 72.9 Å². The number of amides is 1. The van der Waals surface area contributed by atoms with Gasteiger partial charge in [0.2, 0.25) is 0 Å². The van der Waals surface area contributed by atoms with Crippen LogP contribution >= 0.6 is 0 Å². The van der Waals surface area contributed by atoms with Crippen molar-refractivity contribution < 1.29 is 4.79 Å². The Kier molecular flexibility index (Phi) is 4.15. The van der Waals surface area contributed by atoms with Gasteiger partial charge in [0.1, 0.15) is 0 Å². The molecular formula is C10H18N4O. The van der Waals surface area contributed by atoms with Crippen molar-refractivity contribution in [2.24, 2.45) is 0 Å². The monoisotopic (exact) mass is 210 g/mol. The van der Waals surface area contributed by atoms with E-state index in [1.165, 1.54) is 0 Å². The predicted octanol–water partition coefficient (Wildman–Crippen LogP) is 1.02. The number of carbonyl (C=O) groups excluding carboxylic acids is 1. The summed E-state index contributed by atoms with van der Waals surface area (Å²) in [7, 11) is 0. The van der Waals surface area contributed by atoms with E-state index in [1.807, 2.05) is 6.92 Å². The van der Waals surface area contributed by atoms with Gasteiger partial charge in [-0.15, -0.1) is 0 Å². The summed E-state index contributed by atoms with van der Waals surface area (Å²) in [5, 5.41) is 6.88. The fraction of sp³-hybridized carbons (Fsp3) is 0.600. The summed E-state index contributed by atoms with van der Waals surface area (Å²) in [6.45, 7) is 5.48. The molecule has 0 aromatic carbocycles. The Labute approximate surface area is 89.6 Å². The van der Waals surface area contributed by atoms with E-state index in [0.717, 1.165) is 19.4 Å². The number of anilines is 1. The Hall–Kier alpha value is -1.52. The summed E-state index contributed by atoms with van der Waals surface area (Å²) in [6.07, 6.45) is 3.57. The second-order valence-corrected chi connectivity index (χ2v) is 3.45. The number of hydrogen-bond acceptors (Lipinski definition) is 3. The van der Waals surface area contributed by atoms with Crippen LogP contribution in [-0.4, -0.2) is 22.2 Å². The summed E-state index contributed by atoms with van der Waals surface area (Å²) in [5.74, 6) is -0.191. The first kappa shape index (κ1) is 11.6. The number of rotatable bonds is 5. The number of nitrogen functional groups attached to an aromatic ring is 1. The molecule has 3 N–H and O–H groups in total. The number of hydrogen-bond donors (Lipinski definition) is 2. The molecule has 0 aliphatic carbocycles. The number of aromatic nitrogens is 2. The van der Waals surface area contributed by atoms with E-state index >= 15 is 0 Å². The zero-order chi connectivity index (χ0) is 11.3. The Balaban J connectivity index is 2.71. The van der Waals surface area contributed by atoms with E-state index in [9.17, 15) is 4.79 Å². The molecule has 15 heavy (non-hydrogen) atoms. The zero-order valence-electron chi connectivity index (χ0n) is 9.29. The number of nitrogens with two attached hydrogens (primary N) is 1. The zero-order valence-corrected chi connectivity index (χ0v) is 9.29. The fourth-order valence-electron chi connectivity index (χ4n) is 1.28. The van der Waals surface area contributed by atoms with Gasteiger partial charge in [-0.25, -0.2) is 0 Å². The van der Waals surface area contributed by atoms with Crippen LogP contribution in [0.3, 0.4) is 0 Å². The summed E-state index contributed by atoms with van der Waals surface area (Å²) < 4.78 is 1.70. The van der Waals surface area contributed by atoms with Gasteiger partial charge in [0.25, 0.3) is 5.91 Å². The standard InChI is InChI=1S/C10H18N4O/c1-3-5-12-10(15)9-8(11)7-14(13-9)6-4-2/h7H,3-6,11H2,1-2H3,(H,12,15). The summed E-state index contributed by atoms with van der Waals surface area (Å²) >= 11 is 0. The van der Waals surface area contributed by atoms with Crippen LogP contribution < -0.4 is 11.1 Å². The highest BCUT2D eigenvalue weighted by Gasteiger charge is 2.13. The average Bonchev–Trinajstić information content (AvgIpc) is 2.57. The fourth-order valence-corrected chi connectivity index (χ4v) is 1.28. The number of carbonyl (C=O) groups is 1. The van der Waals surface area contributed by atoms with Crippen molar-refractivity contribution >= 4 is 11.6 Å². The quantitative estimate of drug-likeness (QED) is 0.762. The van der Waals surface area contributed by atoms with Gasteiger partial charge in [-0.1, -0.05) is 13.8 Å². The van der Waals surface area contributed by atoms with Gasteiger partial charge in [0, 0.05) is 19.3 Å². The highest BCUT2D eigenvalue weighted by atomic mass is 16.1. The van der Waals surface area contributed by atoms with Crippen molar-refractivity contribution in [3.05, 3.63) is 11.9 Å². The highest BCUT2D eigenvalue weighted by Crippen LogP contribution is 2.09. The summed E-state index contributed by atoms with van der Waals surface area (Å²) in [6, 6.07) is 0. The second kappa shape index (κ2) is 5.38. The molecule has 0 bridgehead atoms. The predicted molar refractivity (Wildman–Crippen MR) is 59.6 cm³/mol. The van der Waals surface area contributed by atoms with Gasteiger partial charge in [0.05, 0.1) is 5.69 Å².